The lowest BCUT2D eigenvalue weighted by atomic mass is 10.1. The normalized spacial score (nSPS) is 10.4. The van der Waals surface area contributed by atoms with Gasteiger partial charge in [-0.3, -0.25) is 4.79 Å². The van der Waals surface area contributed by atoms with Crippen molar-refractivity contribution in [3.05, 3.63) is 12.8 Å². The number of unbranched alkanes of at least 4 members (excludes halogenated alkanes) is 11. The summed E-state index contributed by atoms with van der Waals surface area (Å²) >= 11 is 0. The molecule has 0 fully saturated rings. The Labute approximate surface area is 120 Å². The molecule has 0 N–H and O–H groups in total. The predicted octanol–water partition coefficient (Wildman–Crippen LogP) is 5.29. The minimum absolute atomic E-state index is 0.824. The fraction of sp³-hybridized carbons (Fsp3) is 0.824. The Morgan fingerprint density at radius 3 is 1.58 bits per heavy atom. The van der Waals surface area contributed by atoms with E-state index in [0.717, 1.165) is 19.4 Å². The molecule has 0 heterocycles. The first kappa shape index (κ1) is 18.2. The molecule has 0 saturated heterocycles. The van der Waals surface area contributed by atoms with Gasteiger partial charge >= 0.3 is 0 Å². The molecule has 0 aliphatic carbocycles. The van der Waals surface area contributed by atoms with E-state index >= 15 is 0 Å². The van der Waals surface area contributed by atoms with Crippen molar-refractivity contribution >= 4 is 6.41 Å². The Hall–Kier alpha value is -0.790. The average molecular weight is 267 g/mol. The Morgan fingerprint density at radius 2 is 1.21 bits per heavy atom. The topological polar surface area (TPSA) is 20.3 Å². The van der Waals surface area contributed by atoms with E-state index in [-0.39, 0.29) is 0 Å². The number of hydrogen-bond acceptors (Lipinski definition) is 1. The monoisotopic (exact) mass is 267 g/mol. The van der Waals surface area contributed by atoms with Crippen molar-refractivity contribution in [2.24, 2.45) is 0 Å². The zero-order valence-electron chi connectivity index (χ0n) is 12.9. The molecule has 0 atom stereocenters. The van der Waals surface area contributed by atoms with Gasteiger partial charge in [-0.1, -0.05) is 84.1 Å². The molecule has 0 unspecified atom stereocenters. The average Bonchev–Trinajstić information content (AvgIpc) is 2.44. The third-order valence-corrected chi connectivity index (χ3v) is 3.64. The van der Waals surface area contributed by atoms with Crippen LogP contribution in [-0.2, 0) is 4.79 Å². The molecule has 0 radical (unpaired) electrons. The Balaban J connectivity index is 3.06. The molecule has 0 bridgehead atoms. The summed E-state index contributed by atoms with van der Waals surface area (Å²) in [5, 5.41) is 0. The molecule has 1 amide bonds. The van der Waals surface area contributed by atoms with Crippen LogP contribution in [0.4, 0.5) is 0 Å². The van der Waals surface area contributed by atoms with Crippen LogP contribution in [0.5, 0.6) is 0 Å². The molecule has 0 rings (SSSR count). The van der Waals surface area contributed by atoms with E-state index in [4.69, 9.17) is 0 Å². The summed E-state index contributed by atoms with van der Waals surface area (Å²) in [6, 6.07) is 0. The van der Waals surface area contributed by atoms with Crippen LogP contribution in [0.1, 0.15) is 84.0 Å². The van der Waals surface area contributed by atoms with Gasteiger partial charge in [0.25, 0.3) is 0 Å². The first-order valence-corrected chi connectivity index (χ1v) is 8.18. The maximum absolute atomic E-state index is 10.5. The highest BCUT2D eigenvalue weighted by Crippen LogP contribution is 2.11. The van der Waals surface area contributed by atoms with Crippen LogP contribution in [0.3, 0.4) is 0 Å². The smallest absolute Gasteiger partial charge is 0.213 e. The molecule has 0 aromatic heterocycles. The lowest BCUT2D eigenvalue weighted by Crippen LogP contribution is -2.15. The van der Waals surface area contributed by atoms with Crippen LogP contribution < -0.4 is 0 Å². The van der Waals surface area contributed by atoms with Gasteiger partial charge in [-0.2, -0.15) is 0 Å². The summed E-state index contributed by atoms with van der Waals surface area (Å²) in [7, 11) is 0. The second-order valence-corrected chi connectivity index (χ2v) is 5.41. The highest BCUT2D eigenvalue weighted by Gasteiger charge is 1.96. The van der Waals surface area contributed by atoms with Crippen molar-refractivity contribution in [3.63, 3.8) is 0 Å². The second kappa shape index (κ2) is 15.3. The Morgan fingerprint density at radius 1 is 0.789 bits per heavy atom. The molecule has 0 saturated carbocycles. The van der Waals surface area contributed by atoms with Gasteiger partial charge in [0.15, 0.2) is 0 Å². The molecular formula is C17H33NO. The van der Waals surface area contributed by atoms with Crippen LogP contribution in [0.25, 0.3) is 0 Å². The summed E-state index contributed by atoms with van der Waals surface area (Å²) in [6.45, 7) is 6.69. The van der Waals surface area contributed by atoms with Gasteiger partial charge < -0.3 is 4.90 Å². The lowest BCUT2D eigenvalue weighted by molar-refractivity contribution is -0.115. The zero-order valence-corrected chi connectivity index (χ0v) is 12.9. The number of carbonyl (C=O) groups is 1. The summed E-state index contributed by atoms with van der Waals surface area (Å²) in [5.41, 5.74) is 0. The first-order valence-electron chi connectivity index (χ1n) is 8.18. The molecule has 19 heavy (non-hydrogen) atoms. The van der Waals surface area contributed by atoms with E-state index in [1.165, 1.54) is 70.6 Å². The standard InChI is InChI=1S/C17H33NO/c1-3-5-6-7-8-9-10-11-12-13-14-15-16-18(4-2)17-19/h4,17H,2-3,5-16H2,1H3. The van der Waals surface area contributed by atoms with Gasteiger partial charge in [0.1, 0.15) is 0 Å². The molecule has 0 aromatic rings. The third-order valence-electron chi connectivity index (χ3n) is 3.64. The Bertz CT molecular complexity index is 195. The van der Waals surface area contributed by atoms with Gasteiger partial charge in [-0.05, 0) is 12.6 Å². The van der Waals surface area contributed by atoms with Crippen LogP contribution in [-0.4, -0.2) is 17.9 Å². The van der Waals surface area contributed by atoms with Crippen LogP contribution in [0.2, 0.25) is 0 Å². The predicted molar refractivity (Wildman–Crippen MR) is 84.0 cm³/mol. The van der Waals surface area contributed by atoms with E-state index in [0.29, 0.717) is 0 Å². The summed E-state index contributed by atoms with van der Waals surface area (Å²) in [5.74, 6) is 0. The minimum atomic E-state index is 0.824. The largest absolute Gasteiger partial charge is 0.322 e. The highest BCUT2D eigenvalue weighted by atomic mass is 16.1. The van der Waals surface area contributed by atoms with Crippen molar-refractivity contribution < 1.29 is 4.79 Å². The van der Waals surface area contributed by atoms with Crippen molar-refractivity contribution in [2.75, 3.05) is 6.54 Å². The van der Waals surface area contributed by atoms with Crippen LogP contribution in [0, 0.1) is 0 Å². The minimum Gasteiger partial charge on any atom is -0.322 e. The fourth-order valence-corrected chi connectivity index (χ4v) is 2.32. The van der Waals surface area contributed by atoms with E-state index in [9.17, 15) is 4.79 Å². The van der Waals surface area contributed by atoms with Gasteiger partial charge in [0.05, 0.1) is 0 Å². The Kier molecular flexibility index (Phi) is 14.6. The summed E-state index contributed by atoms with van der Waals surface area (Å²) in [4.78, 5) is 12.1. The summed E-state index contributed by atoms with van der Waals surface area (Å²) in [6.07, 6.45) is 18.7. The molecule has 2 heteroatoms. The number of carbonyl (C=O) groups excluding carboxylic acids is 1. The molecule has 2 nitrogen and oxygen atoms in total. The summed E-state index contributed by atoms with van der Waals surface area (Å²) < 4.78 is 0. The molecule has 0 aromatic carbocycles. The van der Waals surface area contributed by atoms with Crippen molar-refractivity contribution in [3.8, 4) is 0 Å². The SMILES string of the molecule is C=CN(C=O)CCCCCCCCCCCCCC. The molecular weight excluding hydrogens is 234 g/mol. The fourth-order valence-electron chi connectivity index (χ4n) is 2.32. The van der Waals surface area contributed by atoms with Gasteiger partial charge in [-0.15, -0.1) is 0 Å². The zero-order chi connectivity index (χ0) is 14.2. The number of rotatable bonds is 15. The second-order valence-electron chi connectivity index (χ2n) is 5.41. The van der Waals surface area contributed by atoms with Crippen molar-refractivity contribution in [1.29, 1.82) is 0 Å². The van der Waals surface area contributed by atoms with Crippen LogP contribution in [0.15, 0.2) is 12.8 Å². The van der Waals surface area contributed by atoms with E-state index in [1.807, 2.05) is 0 Å². The quantitative estimate of drug-likeness (QED) is 0.291. The van der Waals surface area contributed by atoms with E-state index in [1.54, 1.807) is 11.1 Å². The van der Waals surface area contributed by atoms with E-state index in [2.05, 4.69) is 13.5 Å². The first-order chi connectivity index (χ1) is 9.35. The molecule has 0 spiro atoms. The molecule has 0 aliphatic heterocycles. The molecule has 0 aliphatic rings. The molecule has 112 valence electrons. The van der Waals surface area contributed by atoms with Crippen LogP contribution >= 0.6 is 0 Å². The van der Waals surface area contributed by atoms with Gasteiger partial charge in [0.2, 0.25) is 6.41 Å². The van der Waals surface area contributed by atoms with Gasteiger partial charge in [-0.25, -0.2) is 0 Å². The number of hydrogen-bond donors (Lipinski definition) is 0. The number of nitrogens with zero attached hydrogens (tertiary/aromatic N) is 1. The maximum Gasteiger partial charge on any atom is 0.213 e. The van der Waals surface area contributed by atoms with Gasteiger partial charge in [0, 0.05) is 6.54 Å². The van der Waals surface area contributed by atoms with Crippen molar-refractivity contribution in [1.82, 2.24) is 4.90 Å². The maximum atomic E-state index is 10.5. The lowest BCUT2D eigenvalue weighted by Gasteiger charge is -2.10. The highest BCUT2D eigenvalue weighted by molar-refractivity contribution is 5.48. The van der Waals surface area contributed by atoms with E-state index < -0.39 is 0 Å². The third kappa shape index (κ3) is 13.4. The number of amides is 1. The van der Waals surface area contributed by atoms with Crippen molar-refractivity contribution in [2.45, 2.75) is 84.0 Å².